The second kappa shape index (κ2) is 4.97. The molecule has 2 atom stereocenters. The summed E-state index contributed by atoms with van der Waals surface area (Å²) in [7, 11) is 1.33. The highest BCUT2D eigenvalue weighted by molar-refractivity contribution is 5.82. The number of fused-ring (bicyclic) bond motifs is 1. The van der Waals surface area contributed by atoms with E-state index in [0.29, 0.717) is 13.0 Å². The average Bonchev–Trinajstić information content (AvgIpc) is 2.68. The smallest absolute Gasteiger partial charge is 0.307 e. The molecule has 1 heterocycles. The highest BCUT2D eigenvalue weighted by atomic mass is 16.5. The van der Waals surface area contributed by atoms with Gasteiger partial charge >= 0.3 is 5.97 Å². The fourth-order valence-corrected chi connectivity index (χ4v) is 3.23. The summed E-state index contributed by atoms with van der Waals surface area (Å²) < 4.78 is 4.59. The average molecular weight is 250 g/mol. The summed E-state index contributed by atoms with van der Waals surface area (Å²) in [5, 5.41) is 9.50. The van der Waals surface area contributed by atoms with Gasteiger partial charge in [0.2, 0.25) is 5.91 Å². The van der Waals surface area contributed by atoms with Gasteiger partial charge in [-0.2, -0.15) is 5.26 Å². The lowest BCUT2D eigenvalue weighted by molar-refractivity contribution is -0.142. The van der Waals surface area contributed by atoms with Crippen molar-refractivity contribution in [1.29, 1.82) is 5.26 Å². The Labute approximate surface area is 107 Å². The summed E-state index contributed by atoms with van der Waals surface area (Å²) >= 11 is 0. The summed E-state index contributed by atoms with van der Waals surface area (Å²) in [6.07, 6.45) is 4.36. The van der Waals surface area contributed by atoms with Crippen LogP contribution in [0.2, 0.25) is 0 Å². The van der Waals surface area contributed by atoms with Crippen molar-refractivity contribution in [3.8, 4) is 6.07 Å². The fraction of sp³-hybridized carbons (Fsp3) is 0.769. The zero-order chi connectivity index (χ0) is 13.2. The van der Waals surface area contributed by atoms with E-state index in [1.54, 1.807) is 4.90 Å². The summed E-state index contributed by atoms with van der Waals surface area (Å²) in [6, 6.07) is 2.35. The molecule has 0 unspecified atom stereocenters. The van der Waals surface area contributed by atoms with Crippen LogP contribution in [0.4, 0.5) is 0 Å². The Morgan fingerprint density at radius 1 is 1.61 bits per heavy atom. The quantitative estimate of drug-likeness (QED) is 0.706. The van der Waals surface area contributed by atoms with Crippen LogP contribution in [0.15, 0.2) is 0 Å². The molecule has 0 N–H and O–H groups in total. The molecule has 1 saturated heterocycles. The maximum Gasteiger partial charge on any atom is 0.307 e. The van der Waals surface area contributed by atoms with E-state index in [9.17, 15) is 14.9 Å². The molecule has 0 aromatic heterocycles. The molecule has 2 fully saturated rings. The molecule has 98 valence electrons. The van der Waals surface area contributed by atoms with E-state index >= 15 is 0 Å². The van der Waals surface area contributed by atoms with Crippen LogP contribution in [0.25, 0.3) is 0 Å². The lowest BCUT2D eigenvalue weighted by atomic mass is 9.74. The van der Waals surface area contributed by atoms with Crippen LogP contribution < -0.4 is 0 Å². The lowest BCUT2D eigenvalue weighted by Gasteiger charge is -2.39. The molecule has 5 heteroatoms. The standard InChI is InChI=1S/C13H18N2O3/c1-18-12(17)5-7-15-11(16)8-10-4-2-3-6-13(10,15)9-14/h10H,2-8H2,1H3/t10-,13+/m1/s1. The number of carbonyl (C=O) groups excluding carboxylic acids is 2. The minimum Gasteiger partial charge on any atom is -0.469 e. The number of carbonyl (C=O) groups is 2. The SMILES string of the molecule is COC(=O)CCN1C(=O)C[C@H]2CCCC[C@]21C#N. The Balaban J connectivity index is 2.14. The topological polar surface area (TPSA) is 70.4 Å². The maximum absolute atomic E-state index is 12.0. The van der Waals surface area contributed by atoms with E-state index in [2.05, 4.69) is 10.8 Å². The zero-order valence-corrected chi connectivity index (χ0v) is 10.6. The van der Waals surface area contributed by atoms with Crippen molar-refractivity contribution in [2.45, 2.75) is 44.1 Å². The molecule has 1 aliphatic carbocycles. The number of esters is 1. The third-order valence-corrected chi connectivity index (χ3v) is 4.20. The maximum atomic E-state index is 12.0. The van der Waals surface area contributed by atoms with Crippen molar-refractivity contribution < 1.29 is 14.3 Å². The third-order valence-electron chi connectivity index (χ3n) is 4.20. The van der Waals surface area contributed by atoms with Crippen molar-refractivity contribution in [1.82, 2.24) is 4.90 Å². The molecule has 0 aromatic carbocycles. The Morgan fingerprint density at radius 2 is 2.39 bits per heavy atom. The van der Waals surface area contributed by atoms with Crippen molar-refractivity contribution in [2.24, 2.45) is 5.92 Å². The summed E-state index contributed by atoms with van der Waals surface area (Å²) in [5.41, 5.74) is -0.663. The van der Waals surface area contributed by atoms with Gasteiger partial charge in [0.1, 0.15) is 5.54 Å². The molecule has 18 heavy (non-hydrogen) atoms. The molecule has 0 bridgehead atoms. The molecular weight excluding hydrogens is 232 g/mol. The van der Waals surface area contributed by atoms with E-state index < -0.39 is 5.54 Å². The summed E-state index contributed by atoms with van der Waals surface area (Å²) in [6.45, 7) is 0.301. The second-order valence-corrected chi connectivity index (χ2v) is 5.05. The number of nitrogens with zero attached hydrogens (tertiary/aromatic N) is 2. The van der Waals surface area contributed by atoms with Gasteiger partial charge in [-0.15, -0.1) is 0 Å². The van der Waals surface area contributed by atoms with Gasteiger partial charge in [0.25, 0.3) is 0 Å². The normalized spacial score (nSPS) is 30.8. The molecule has 1 amide bonds. The van der Waals surface area contributed by atoms with Gasteiger partial charge in [-0.1, -0.05) is 12.8 Å². The number of likely N-dealkylation sites (tertiary alicyclic amines) is 1. The summed E-state index contributed by atoms with van der Waals surface area (Å²) in [5.74, 6) is -0.191. The first-order chi connectivity index (χ1) is 8.64. The first kappa shape index (κ1) is 12.9. The van der Waals surface area contributed by atoms with E-state index in [-0.39, 0.29) is 24.2 Å². The van der Waals surface area contributed by atoms with Gasteiger partial charge in [0.05, 0.1) is 19.6 Å². The van der Waals surface area contributed by atoms with Gasteiger partial charge in [-0.3, -0.25) is 9.59 Å². The van der Waals surface area contributed by atoms with Crippen molar-refractivity contribution in [2.75, 3.05) is 13.7 Å². The zero-order valence-electron chi connectivity index (χ0n) is 10.6. The number of hydrogen-bond donors (Lipinski definition) is 0. The number of amides is 1. The molecule has 0 radical (unpaired) electrons. The van der Waals surface area contributed by atoms with Crippen molar-refractivity contribution in [3.05, 3.63) is 0 Å². The Kier molecular flexibility index (Phi) is 3.55. The predicted octanol–water partition coefficient (Wildman–Crippen LogP) is 1.23. The highest BCUT2D eigenvalue weighted by Crippen LogP contribution is 2.45. The minimum absolute atomic E-state index is 0.00681. The first-order valence-electron chi connectivity index (χ1n) is 6.42. The van der Waals surface area contributed by atoms with Gasteiger partial charge in [0, 0.05) is 18.9 Å². The number of methoxy groups -OCH3 is 1. The number of hydrogen-bond acceptors (Lipinski definition) is 4. The largest absolute Gasteiger partial charge is 0.469 e. The molecular formula is C13H18N2O3. The molecule has 0 aromatic rings. The molecule has 5 nitrogen and oxygen atoms in total. The third kappa shape index (κ3) is 1.96. The van der Waals surface area contributed by atoms with Gasteiger partial charge in [-0.05, 0) is 12.8 Å². The van der Waals surface area contributed by atoms with Crippen LogP contribution in [0.3, 0.4) is 0 Å². The number of ether oxygens (including phenoxy) is 1. The van der Waals surface area contributed by atoms with Gasteiger partial charge < -0.3 is 9.64 Å². The summed E-state index contributed by atoms with van der Waals surface area (Å²) in [4.78, 5) is 24.8. The molecule has 1 aliphatic heterocycles. The van der Waals surface area contributed by atoms with Crippen molar-refractivity contribution in [3.63, 3.8) is 0 Å². The van der Waals surface area contributed by atoms with Gasteiger partial charge in [-0.25, -0.2) is 0 Å². The Hall–Kier alpha value is -1.57. The Bertz CT molecular complexity index is 402. The van der Waals surface area contributed by atoms with Gasteiger partial charge in [0.15, 0.2) is 0 Å². The van der Waals surface area contributed by atoms with Crippen LogP contribution in [0.5, 0.6) is 0 Å². The van der Waals surface area contributed by atoms with E-state index in [4.69, 9.17) is 0 Å². The number of rotatable bonds is 3. The predicted molar refractivity (Wildman–Crippen MR) is 63.3 cm³/mol. The van der Waals surface area contributed by atoms with E-state index in [0.717, 1.165) is 25.7 Å². The molecule has 2 aliphatic rings. The van der Waals surface area contributed by atoms with Crippen molar-refractivity contribution >= 4 is 11.9 Å². The second-order valence-electron chi connectivity index (χ2n) is 5.05. The van der Waals surface area contributed by atoms with Crippen LogP contribution in [-0.2, 0) is 14.3 Å². The monoisotopic (exact) mass is 250 g/mol. The first-order valence-corrected chi connectivity index (χ1v) is 6.42. The highest BCUT2D eigenvalue weighted by Gasteiger charge is 2.53. The minimum atomic E-state index is -0.663. The number of nitriles is 1. The lowest BCUT2D eigenvalue weighted by Crippen LogP contribution is -2.50. The van der Waals surface area contributed by atoms with Crippen LogP contribution in [0, 0.1) is 17.2 Å². The fourth-order valence-electron chi connectivity index (χ4n) is 3.23. The molecule has 2 rings (SSSR count). The molecule has 0 spiro atoms. The Morgan fingerprint density at radius 3 is 3.06 bits per heavy atom. The van der Waals surface area contributed by atoms with Crippen LogP contribution >= 0.6 is 0 Å². The van der Waals surface area contributed by atoms with Crippen LogP contribution in [-0.4, -0.2) is 36.0 Å². The van der Waals surface area contributed by atoms with Crippen LogP contribution in [0.1, 0.15) is 38.5 Å². The van der Waals surface area contributed by atoms with E-state index in [1.807, 2.05) is 0 Å². The van der Waals surface area contributed by atoms with E-state index in [1.165, 1.54) is 7.11 Å². The molecule has 1 saturated carbocycles.